The topological polar surface area (TPSA) is 92.5 Å². The molecule has 4 rings (SSSR count). The second kappa shape index (κ2) is 8.95. The number of ketones is 1. The molecule has 1 aliphatic heterocycles. The first kappa shape index (κ1) is 20.5. The Morgan fingerprint density at radius 3 is 2.29 bits per heavy atom. The van der Waals surface area contributed by atoms with Gasteiger partial charge >= 0.3 is 0 Å². The summed E-state index contributed by atoms with van der Waals surface area (Å²) in [5.74, 6) is -0.245. The zero-order chi connectivity index (χ0) is 21.8. The molecule has 1 aromatic heterocycles. The number of hydrogen-bond acceptors (Lipinski definition) is 5. The number of aromatic hydroxyl groups is 1. The number of amides is 1. The molecule has 7 heteroatoms. The third kappa shape index (κ3) is 4.71. The number of rotatable bonds is 5. The van der Waals surface area contributed by atoms with Crippen molar-refractivity contribution >= 4 is 11.7 Å². The summed E-state index contributed by atoms with van der Waals surface area (Å²) in [6.45, 7) is 1.20. The summed E-state index contributed by atoms with van der Waals surface area (Å²) >= 11 is 0. The van der Waals surface area contributed by atoms with Gasteiger partial charge in [-0.2, -0.15) is 5.10 Å². The van der Waals surface area contributed by atoms with Crippen LogP contribution in [0.25, 0.3) is 0 Å². The molecule has 158 valence electrons. The van der Waals surface area contributed by atoms with Crippen LogP contribution in [0.3, 0.4) is 0 Å². The van der Waals surface area contributed by atoms with E-state index >= 15 is 0 Å². The largest absolute Gasteiger partial charge is 0.508 e. The predicted octanol–water partition coefficient (Wildman–Crippen LogP) is 2.73. The minimum absolute atomic E-state index is 0.0293. The lowest BCUT2D eigenvalue weighted by atomic mass is 9.89. The quantitative estimate of drug-likeness (QED) is 0.645. The zero-order valence-corrected chi connectivity index (χ0v) is 17.0. The van der Waals surface area contributed by atoms with E-state index in [1.807, 2.05) is 30.3 Å². The normalized spacial score (nSPS) is 14.4. The van der Waals surface area contributed by atoms with Crippen LogP contribution in [0, 0.1) is 5.92 Å². The van der Waals surface area contributed by atoms with Crippen LogP contribution in [0.15, 0.2) is 71.5 Å². The Hall–Kier alpha value is -3.74. The summed E-state index contributed by atoms with van der Waals surface area (Å²) in [4.78, 5) is 39.5. The van der Waals surface area contributed by atoms with E-state index in [4.69, 9.17) is 0 Å². The molecule has 0 atom stereocenters. The smallest absolute Gasteiger partial charge is 0.274 e. The summed E-state index contributed by atoms with van der Waals surface area (Å²) < 4.78 is 1.30. The van der Waals surface area contributed by atoms with Gasteiger partial charge in [-0.1, -0.05) is 30.3 Å². The molecule has 1 fully saturated rings. The maximum absolute atomic E-state index is 12.9. The van der Waals surface area contributed by atoms with Crippen molar-refractivity contribution in [1.29, 1.82) is 0 Å². The van der Waals surface area contributed by atoms with Crippen molar-refractivity contribution in [2.24, 2.45) is 5.92 Å². The number of Topliss-reactive ketones (excluding diaryl/α,β-unsaturated/α-hetero) is 1. The Balaban J connectivity index is 1.41. The Morgan fingerprint density at radius 1 is 0.935 bits per heavy atom. The highest BCUT2D eigenvalue weighted by Gasteiger charge is 2.29. The molecule has 7 nitrogen and oxygen atoms in total. The number of carbonyl (C=O) groups is 2. The van der Waals surface area contributed by atoms with E-state index in [0.29, 0.717) is 38.0 Å². The number of benzene rings is 2. The highest BCUT2D eigenvalue weighted by molar-refractivity contribution is 5.98. The molecule has 0 spiro atoms. The van der Waals surface area contributed by atoms with Gasteiger partial charge in [-0.05, 0) is 48.7 Å². The molecule has 1 N–H and O–H groups in total. The van der Waals surface area contributed by atoms with Gasteiger partial charge in [0.1, 0.15) is 11.4 Å². The molecule has 1 amide bonds. The van der Waals surface area contributed by atoms with E-state index in [1.165, 1.54) is 28.9 Å². The summed E-state index contributed by atoms with van der Waals surface area (Å²) in [6, 6.07) is 18.5. The molecule has 0 unspecified atom stereocenters. The van der Waals surface area contributed by atoms with Crippen molar-refractivity contribution in [2.75, 3.05) is 13.1 Å². The Bertz CT molecular complexity index is 1130. The zero-order valence-electron chi connectivity index (χ0n) is 17.0. The molecule has 0 bridgehead atoms. The van der Waals surface area contributed by atoms with Gasteiger partial charge in [-0.25, -0.2) is 4.68 Å². The molecular weight excluding hydrogens is 394 g/mol. The molecule has 0 radical (unpaired) electrons. The first-order chi connectivity index (χ1) is 15.0. The van der Waals surface area contributed by atoms with E-state index in [0.717, 1.165) is 5.56 Å². The van der Waals surface area contributed by atoms with Gasteiger partial charge in [0.25, 0.3) is 11.5 Å². The lowest BCUT2D eigenvalue weighted by molar-refractivity contribution is 0.0643. The van der Waals surface area contributed by atoms with Gasteiger partial charge in [0.2, 0.25) is 0 Å². The van der Waals surface area contributed by atoms with Crippen LogP contribution >= 0.6 is 0 Å². The SMILES string of the molecule is O=C(c1ccc(O)cc1)C1CCN(C(=O)c2ccc(=O)n(Cc3ccccc3)n2)CC1. The minimum Gasteiger partial charge on any atom is -0.508 e. The highest BCUT2D eigenvalue weighted by Crippen LogP contribution is 2.23. The van der Waals surface area contributed by atoms with E-state index in [2.05, 4.69) is 5.10 Å². The average molecular weight is 417 g/mol. The fourth-order valence-electron chi connectivity index (χ4n) is 3.80. The van der Waals surface area contributed by atoms with Crippen LogP contribution < -0.4 is 5.56 Å². The number of phenols is 1. The monoisotopic (exact) mass is 417 g/mol. The van der Waals surface area contributed by atoms with Crippen molar-refractivity contribution in [3.8, 4) is 5.75 Å². The number of nitrogens with zero attached hydrogens (tertiary/aromatic N) is 3. The Kier molecular flexibility index (Phi) is 5.93. The maximum Gasteiger partial charge on any atom is 0.274 e. The molecule has 1 saturated heterocycles. The fraction of sp³-hybridized carbons (Fsp3) is 0.250. The van der Waals surface area contributed by atoms with Gasteiger partial charge in [-0.3, -0.25) is 14.4 Å². The Morgan fingerprint density at radius 2 is 1.61 bits per heavy atom. The standard InChI is InChI=1S/C24H23N3O4/c28-20-8-6-18(7-9-20)23(30)19-12-14-26(15-13-19)24(31)21-10-11-22(29)27(25-21)16-17-4-2-1-3-5-17/h1-11,19,28H,12-16H2. The summed E-state index contributed by atoms with van der Waals surface area (Å²) in [5, 5.41) is 13.7. The van der Waals surface area contributed by atoms with Crippen LogP contribution in [0.2, 0.25) is 0 Å². The van der Waals surface area contributed by atoms with Gasteiger partial charge in [-0.15, -0.1) is 0 Å². The number of likely N-dealkylation sites (tertiary alicyclic amines) is 1. The molecule has 0 saturated carbocycles. The van der Waals surface area contributed by atoms with E-state index < -0.39 is 0 Å². The highest BCUT2D eigenvalue weighted by atomic mass is 16.3. The fourth-order valence-corrected chi connectivity index (χ4v) is 3.80. The molecule has 2 heterocycles. The molecule has 31 heavy (non-hydrogen) atoms. The molecule has 1 aliphatic rings. The van der Waals surface area contributed by atoms with Crippen molar-refractivity contribution < 1.29 is 14.7 Å². The summed E-state index contributed by atoms with van der Waals surface area (Å²) in [5.41, 5.74) is 1.45. The molecule has 3 aromatic rings. The van der Waals surface area contributed by atoms with Crippen LogP contribution in [0.4, 0.5) is 0 Å². The molecule has 0 aliphatic carbocycles. The van der Waals surface area contributed by atoms with Crippen molar-refractivity contribution in [2.45, 2.75) is 19.4 Å². The van der Waals surface area contributed by atoms with Crippen LogP contribution in [0.1, 0.15) is 39.3 Å². The van der Waals surface area contributed by atoms with Gasteiger partial charge in [0, 0.05) is 30.6 Å². The van der Waals surface area contributed by atoms with Crippen molar-refractivity contribution in [1.82, 2.24) is 14.7 Å². The molecular formula is C24H23N3O4. The van der Waals surface area contributed by atoms with Crippen molar-refractivity contribution in [3.05, 3.63) is 93.9 Å². The van der Waals surface area contributed by atoms with E-state index in [-0.39, 0.29) is 34.6 Å². The summed E-state index contributed by atoms with van der Waals surface area (Å²) in [6.07, 6.45) is 1.13. The number of carbonyl (C=O) groups excluding carboxylic acids is 2. The van der Waals surface area contributed by atoms with Crippen LogP contribution in [0.5, 0.6) is 5.75 Å². The maximum atomic E-state index is 12.9. The van der Waals surface area contributed by atoms with E-state index in [1.54, 1.807) is 17.0 Å². The number of hydrogen-bond donors (Lipinski definition) is 1. The number of aromatic nitrogens is 2. The van der Waals surface area contributed by atoms with E-state index in [9.17, 15) is 19.5 Å². The van der Waals surface area contributed by atoms with Gasteiger partial charge in [0.15, 0.2) is 5.78 Å². The first-order valence-corrected chi connectivity index (χ1v) is 10.3. The number of phenolic OH excluding ortho intramolecular Hbond substituents is 1. The lowest BCUT2D eigenvalue weighted by Gasteiger charge is -2.31. The predicted molar refractivity (Wildman–Crippen MR) is 115 cm³/mol. The van der Waals surface area contributed by atoms with Crippen molar-refractivity contribution in [3.63, 3.8) is 0 Å². The van der Waals surface area contributed by atoms with Crippen LogP contribution in [-0.4, -0.2) is 44.6 Å². The first-order valence-electron chi connectivity index (χ1n) is 10.3. The second-order valence-electron chi connectivity index (χ2n) is 7.68. The Labute approximate surface area is 179 Å². The summed E-state index contributed by atoms with van der Waals surface area (Å²) in [7, 11) is 0. The van der Waals surface area contributed by atoms with Gasteiger partial charge < -0.3 is 10.0 Å². The average Bonchev–Trinajstić information content (AvgIpc) is 2.81. The second-order valence-corrected chi connectivity index (χ2v) is 7.68. The number of piperidine rings is 1. The van der Waals surface area contributed by atoms with Gasteiger partial charge in [0.05, 0.1) is 6.54 Å². The van der Waals surface area contributed by atoms with Crippen LogP contribution in [-0.2, 0) is 6.54 Å². The third-order valence-electron chi connectivity index (χ3n) is 5.57. The molecule has 2 aromatic carbocycles. The lowest BCUT2D eigenvalue weighted by Crippen LogP contribution is -2.41. The minimum atomic E-state index is -0.265. The third-order valence-corrected chi connectivity index (χ3v) is 5.57.